The summed E-state index contributed by atoms with van der Waals surface area (Å²) in [6.45, 7) is 9.89. The van der Waals surface area contributed by atoms with Gasteiger partial charge in [0.25, 0.3) is 0 Å². The van der Waals surface area contributed by atoms with Crippen LogP contribution in [-0.2, 0) is 28.6 Å². The van der Waals surface area contributed by atoms with Gasteiger partial charge in [-0.05, 0) is 6.92 Å². The normalized spacial score (nSPS) is 13.8. The molecule has 0 saturated heterocycles. The smallest absolute Gasteiger partial charge is 0.376 e. The minimum absolute atomic E-state index is 0.604. The number of carbonyl (C=O) groups is 3. The van der Waals surface area contributed by atoms with Gasteiger partial charge in [0.15, 0.2) is 6.10 Å². The zero-order valence-electron chi connectivity index (χ0n) is 15.6. The Bertz CT molecular complexity index is 466. The number of hydrogen-bond donors (Lipinski definition) is 3. The summed E-state index contributed by atoms with van der Waals surface area (Å²) in [5, 5.41) is 29.3. The number of carbonyl (C=O) groups excluding carboxylic acids is 3. The van der Waals surface area contributed by atoms with Crippen LogP contribution in [0.1, 0.15) is 48.5 Å². The summed E-state index contributed by atoms with van der Waals surface area (Å²) in [5.74, 6) is -11.8. The Morgan fingerprint density at radius 2 is 1.00 bits per heavy atom. The minimum atomic E-state index is -3.82. The van der Waals surface area contributed by atoms with Gasteiger partial charge in [-0.25, -0.2) is 0 Å². The van der Waals surface area contributed by atoms with Crippen molar-refractivity contribution in [1.29, 1.82) is 0 Å². The molecule has 0 aliphatic rings. The molecule has 25 heavy (non-hydrogen) atoms. The molecular formula is C16H28O9. The molecule has 0 heterocycles. The van der Waals surface area contributed by atoms with E-state index in [1.54, 1.807) is 0 Å². The second-order valence-corrected chi connectivity index (χ2v) is 6.69. The molecule has 0 rings (SSSR count). The molecule has 1 unspecified atom stereocenters. The van der Waals surface area contributed by atoms with Crippen LogP contribution in [0.5, 0.6) is 0 Å². The van der Waals surface area contributed by atoms with E-state index in [0.29, 0.717) is 0 Å². The maximum Gasteiger partial charge on any atom is 0.376 e. The van der Waals surface area contributed by atoms with Crippen molar-refractivity contribution in [3.63, 3.8) is 0 Å². The molecule has 9 heteroatoms. The summed E-state index contributed by atoms with van der Waals surface area (Å²) in [7, 11) is 0. The van der Waals surface area contributed by atoms with Gasteiger partial charge in [0.1, 0.15) is 0 Å². The lowest BCUT2D eigenvalue weighted by Gasteiger charge is -2.41. The van der Waals surface area contributed by atoms with Crippen LogP contribution in [0.15, 0.2) is 0 Å². The van der Waals surface area contributed by atoms with Crippen LogP contribution < -0.4 is 0 Å². The van der Waals surface area contributed by atoms with E-state index in [4.69, 9.17) is 14.2 Å². The predicted molar refractivity (Wildman–Crippen MR) is 84.4 cm³/mol. The van der Waals surface area contributed by atoms with Gasteiger partial charge in [-0.1, -0.05) is 41.5 Å². The van der Waals surface area contributed by atoms with E-state index in [0.717, 1.165) is 6.92 Å². The first kappa shape index (κ1) is 23.3. The van der Waals surface area contributed by atoms with Crippen molar-refractivity contribution in [3.05, 3.63) is 0 Å². The van der Waals surface area contributed by atoms with Gasteiger partial charge in [-0.3, -0.25) is 14.4 Å². The fourth-order valence-corrected chi connectivity index (χ4v) is 1.52. The molecule has 0 aromatic carbocycles. The lowest BCUT2D eigenvalue weighted by molar-refractivity contribution is -0.460. The van der Waals surface area contributed by atoms with Crippen molar-refractivity contribution in [1.82, 2.24) is 0 Å². The molecule has 0 aliphatic carbocycles. The van der Waals surface area contributed by atoms with Crippen LogP contribution in [0.25, 0.3) is 0 Å². The average molecular weight is 364 g/mol. The molecule has 0 aliphatic heterocycles. The third-order valence-corrected chi connectivity index (χ3v) is 3.21. The standard InChI is InChI=1S/C16H28O9/c1-8(2)12(17)23-11(7)15(16(20,21)22,24-13(18)9(3)4)25-14(19)10(5)6/h8-11,20-22H,1-7H3. The van der Waals surface area contributed by atoms with Crippen LogP contribution in [-0.4, -0.2) is 51.1 Å². The fraction of sp³-hybridized carbons (Fsp3) is 0.812. The molecular weight excluding hydrogens is 336 g/mol. The lowest BCUT2D eigenvalue weighted by Crippen LogP contribution is -2.66. The quantitative estimate of drug-likeness (QED) is 0.410. The third kappa shape index (κ3) is 5.94. The highest BCUT2D eigenvalue weighted by Gasteiger charge is 2.63. The molecule has 1 atom stereocenters. The first-order valence-electron chi connectivity index (χ1n) is 7.99. The van der Waals surface area contributed by atoms with E-state index in [1.165, 1.54) is 41.5 Å². The first-order valence-corrected chi connectivity index (χ1v) is 7.99. The van der Waals surface area contributed by atoms with Crippen LogP contribution in [0, 0.1) is 17.8 Å². The maximum absolute atomic E-state index is 12.0. The molecule has 146 valence electrons. The summed E-state index contributed by atoms with van der Waals surface area (Å²) in [5.41, 5.74) is 0. The van der Waals surface area contributed by atoms with Crippen molar-refractivity contribution in [3.8, 4) is 0 Å². The SMILES string of the molecule is CC(C)C(=O)OC(C)C(OC(=O)C(C)C)(OC(=O)C(C)C)C(O)(O)O. The second kappa shape index (κ2) is 8.59. The molecule has 3 N–H and O–H groups in total. The van der Waals surface area contributed by atoms with Gasteiger partial charge in [0, 0.05) is 0 Å². The molecule has 0 bridgehead atoms. The number of hydrogen-bond acceptors (Lipinski definition) is 9. The van der Waals surface area contributed by atoms with Crippen molar-refractivity contribution >= 4 is 17.9 Å². The summed E-state index contributed by atoms with van der Waals surface area (Å²) >= 11 is 0. The van der Waals surface area contributed by atoms with Gasteiger partial charge >= 0.3 is 29.7 Å². The molecule has 0 aromatic heterocycles. The summed E-state index contributed by atoms with van der Waals surface area (Å²) in [6, 6.07) is 0. The van der Waals surface area contributed by atoms with Gasteiger partial charge in [-0.15, -0.1) is 0 Å². The van der Waals surface area contributed by atoms with Crippen LogP contribution in [0.4, 0.5) is 0 Å². The monoisotopic (exact) mass is 364 g/mol. The van der Waals surface area contributed by atoms with Crippen molar-refractivity contribution < 1.29 is 43.9 Å². The van der Waals surface area contributed by atoms with Crippen molar-refractivity contribution in [2.75, 3.05) is 0 Å². The van der Waals surface area contributed by atoms with Gasteiger partial charge in [0.05, 0.1) is 17.8 Å². The number of aliphatic hydroxyl groups is 3. The summed E-state index contributed by atoms with van der Waals surface area (Å²) in [4.78, 5) is 35.8. The molecule has 0 aromatic rings. The Balaban J connectivity index is 6.03. The second-order valence-electron chi connectivity index (χ2n) is 6.69. The molecule has 0 spiro atoms. The van der Waals surface area contributed by atoms with Crippen LogP contribution in [0.2, 0.25) is 0 Å². The Labute approximate surface area is 146 Å². The van der Waals surface area contributed by atoms with E-state index in [-0.39, 0.29) is 0 Å². The summed E-state index contributed by atoms with van der Waals surface area (Å²) in [6.07, 6.45) is -1.72. The predicted octanol–water partition coefficient (Wildman–Crippen LogP) is 0.300. The van der Waals surface area contributed by atoms with E-state index < -0.39 is 53.5 Å². The van der Waals surface area contributed by atoms with Crippen LogP contribution >= 0.6 is 0 Å². The third-order valence-electron chi connectivity index (χ3n) is 3.21. The van der Waals surface area contributed by atoms with Gasteiger partial charge in [-0.2, -0.15) is 0 Å². The van der Waals surface area contributed by atoms with E-state index in [1.807, 2.05) is 0 Å². The highest BCUT2D eigenvalue weighted by atomic mass is 16.8. The average Bonchev–Trinajstić information content (AvgIpc) is 2.44. The number of ether oxygens (including phenoxy) is 3. The maximum atomic E-state index is 12.0. The summed E-state index contributed by atoms with van der Waals surface area (Å²) < 4.78 is 14.8. The highest BCUT2D eigenvalue weighted by molar-refractivity contribution is 5.75. The largest absolute Gasteiger partial charge is 0.454 e. The minimum Gasteiger partial charge on any atom is -0.454 e. The van der Waals surface area contributed by atoms with Crippen molar-refractivity contribution in [2.24, 2.45) is 17.8 Å². The Kier molecular flexibility index (Phi) is 8.00. The van der Waals surface area contributed by atoms with Gasteiger partial charge in [0.2, 0.25) is 0 Å². The molecule has 0 fully saturated rings. The van der Waals surface area contributed by atoms with Crippen molar-refractivity contribution in [2.45, 2.75) is 66.3 Å². The Hall–Kier alpha value is -1.71. The molecule has 0 saturated carbocycles. The highest BCUT2D eigenvalue weighted by Crippen LogP contribution is 2.33. The van der Waals surface area contributed by atoms with Crippen LogP contribution in [0.3, 0.4) is 0 Å². The topological polar surface area (TPSA) is 140 Å². The Morgan fingerprint density at radius 3 is 1.24 bits per heavy atom. The lowest BCUT2D eigenvalue weighted by atomic mass is 10.1. The van der Waals surface area contributed by atoms with E-state index in [9.17, 15) is 29.7 Å². The van der Waals surface area contributed by atoms with E-state index >= 15 is 0 Å². The molecule has 9 nitrogen and oxygen atoms in total. The Morgan fingerprint density at radius 1 is 0.680 bits per heavy atom. The number of rotatable bonds is 8. The fourth-order valence-electron chi connectivity index (χ4n) is 1.52. The molecule has 0 radical (unpaired) electrons. The van der Waals surface area contributed by atoms with E-state index in [2.05, 4.69) is 0 Å². The zero-order chi connectivity index (χ0) is 20.2. The zero-order valence-corrected chi connectivity index (χ0v) is 15.6. The number of esters is 3. The van der Waals surface area contributed by atoms with Gasteiger partial charge < -0.3 is 29.5 Å². The first-order chi connectivity index (χ1) is 11.2. The molecule has 0 amide bonds.